The predicted molar refractivity (Wildman–Crippen MR) is 58.8 cm³/mol. The number of hydrogen-bond donors (Lipinski definition) is 1. The van der Waals surface area contributed by atoms with Gasteiger partial charge in [0, 0.05) is 18.9 Å². The van der Waals surface area contributed by atoms with Crippen LogP contribution in [0.5, 0.6) is 0 Å². The van der Waals surface area contributed by atoms with Gasteiger partial charge in [-0.15, -0.1) is 0 Å². The van der Waals surface area contributed by atoms with Crippen LogP contribution < -0.4 is 4.72 Å². The topological polar surface area (TPSA) is 82.9 Å². The molecule has 0 unspecified atom stereocenters. The van der Waals surface area contributed by atoms with Crippen LogP contribution in [0.25, 0.3) is 0 Å². The monoisotopic (exact) mass is 239 g/mol. The van der Waals surface area contributed by atoms with E-state index < -0.39 is 15.4 Å². The van der Waals surface area contributed by atoms with Crippen molar-refractivity contribution in [3.8, 4) is 6.07 Å². The molecule has 1 rings (SSSR count). The molecule has 86 valence electrons. The number of nitrogens with one attached hydrogen (secondary N) is 1. The van der Waals surface area contributed by atoms with Crippen LogP contribution in [0.15, 0.2) is 29.4 Å². The first-order chi connectivity index (χ1) is 7.37. The molecular weight excluding hydrogens is 226 g/mol. The van der Waals surface area contributed by atoms with Crippen LogP contribution in [0, 0.1) is 16.7 Å². The number of rotatable bonds is 4. The Hall–Kier alpha value is -1.45. The van der Waals surface area contributed by atoms with E-state index in [1.807, 2.05) is 6.07 Å². The van der Waals surface area contributed by atoms with Gasteiger partial charge in [0.25, 0.3) is 0 Å². The fourth-order valence-electron chi connectivity index (χ4n) is 0.904. The molecule has 0 aliphatic rings. The molecule has 0 aromatic carbocycles. The van der Waals surface area contributed by atoms with Crippen molar-refractivity contribution < 1.29 is 8.42 Å². The van der Waals surface area contributed by atoms with Gasteiger partial charge in [-0.1, -0.05) is 0 Å². The van der Waals surface area contributed by atoms with E-state index in [1.165, 1.54) is 18.5 Å². The second kappa shape index (κ2) is 4.60. The van der Waals surface area contributed by atoms with Crippen LogP contribution >= 0.6 is 0 Å². The van der Waals surface area contributed by atoms with Crippen LogP contribution in [0.4, 0.5) is 0 Å². The van der Waals surface area contributed by atoms with E-state index in [4.69, 9.17) is 5.26 Å². The summed E-state index contributed by atoms with van der Waals surface area (Å²) in [5.41, 5.74) is -0.727. The van der Waals surface area contributed by atoms with Gasteiger partial charge in [-0.25, -0.2) is 13.1 Å². The molecule has 0 spiro atoms. The third-order valence-electron chi connectivity index (χ3n) is 1.95. The molecular formula is C10H13N3O2S. The molecule has 0 saturated carbocycles. The molecule has 0 amide bonds. The number of nitriles is 1. The molecule has 1 aromatic heterocycles. The highest BCUT2D eigenvalue weighted by Crippen LogP contribution is 2.13. The number of hydrogen-bond acceptors (Lipinski definition) is 4. The lowest BCUT2D eigenvalue weighted by atomic mass is 9.97. The van der Waals surface area contributed by atoms with Crippen molar-refractivity contribution >= 4 is 10.0 Å². The normalized spacial score (nSPS) is 12.1. The van der Waals surface area contributed by atoms with Gasteiger partial charge in [0.15, 0.2) is 0 Å². The Morgan fingerprint density at radius 1 is 1.56 bits per heavy atom. The van der Waals surface area contributed by atoms with Crippen molar-refractivity contribution in [2.45, 2.75) is 18.7 Å². The van der Waals surface area contributed by atoms with E-state index in [0.29, 0.717) is 0 Å². The summed E-state index contributed by atoms with van der Waals surface area (Å²) < 4.78 is 25.8. The highest BCUT2D eigenvalue weighted by atomic mass is 32.2. The van der Waals surface area contributed by atoms with E-state index in [9.17, 15) is 8.42 Å². The van der Waals surface area contributed by atoms with Crippen LogP contribution in [0.3, 0.4) is 0 Å². The van der Waals surface area contributed by atoms with E-state index in [2.05, 4.69) is 9.71 Å². The SMILES string of the molecule is CC(C)(C#N)CNS(=O)(=O)c1cccnc1. The molecule has 0 radical (unpaired) electrons. The molecule has 0 atom stereocenters. The van der Waals surface area contributed by atoms with E-state index in [0.717, 1.165) is 0 Å². The maximum atomic E-state index is 11.7. The summed E-state index contributed by atoms with van der Waals surface area (Å²) in [4.78, 5) is 3.83. The Bertz CT molecular complexity index is 489. The molecule has 0 aliphatic carbocycles. The molecule has 0 bridgehead atoms. The third-order valence-corrected chi connectivity index (χ3v) is 3.34. The lowest BCUT2D eigenvalue weighted by Crippen LogP contribution is -2.33. The van der Waals surface area contributed by atoms with Crippen LogP contribution in [-0.2, 0) is 10.0 Å². The maximum Gasteiger partial charge on any atom is 0.242 e. The summed E-state index contributed by atoms with van der Waals surface area (Å²) in [6.45, 7) is 3.40. The zero-order valence-corrected chi connectivity index (χ0v) is 9.95. The number of pyridine rings is 1. The molecule has 1 N–H and O–H groups in total. The Labute approximate surface area is 95.2 Å². The lowest BCUT2D eigenvalue weighted by molar-refractivity contribution is 0.478. The number of aromatic nitrogens is 1. The third kappa shape index (κ3) is 3.29. The van der Waals surface area contributed by atoms with Crippen LogP contribution in [0.1, 0.15) is 13.8 Å². The van der Waals surface area contributed by atoms with Gasteiger partial charge < -0.3 is 0 Å². The molecule has 1 heterocycles. The van der Waals surface area contributed by atoms with Gasteiger partial charge in [0.1, 0.15) is 4.90 Å². The first kappa shape index (κ1) is 12.6. The smallest absolute Gasteiger partial charge is 0.242 e. The Balaban J connectivity index is 2.80. The first-order valence-corrected chi connectivity index (χ1v) is 6.17. The van der Waals surface area contributed by atoms with E-state index in [1.54, 1.807) is 19.9 Å². The molecule has 0 saturated heterocycles. The second-order valence-corrected chi connectivity index (χ2v) is 5.78. The molecule has 6 heteroatoms. The number of nitrogens with zero attached hydrogens (tertiary/aromatic N) is 2. The van der Waals surface area contributed by atoms with Crippen molar-refractivity contribution in [1.82, 2.24) is 9.71 Å². The fraction of sp³-hybridized carbons (Fsp3) is 0.400. The van der Waals surface area contributed by atoms with E-state index >= 15 is 0 Å². The van der Waals surface area contributed by atoms with Crippen molar-refractivity contribution in [2.75, 3.05) is 6.54 Å². The van der Waals surface area contributed by atoms with Crippen molar-refractivity contribution in [2.24, 2.45) is 5.41 Å². The molecule has 0 aliphatic heterocycles. The van der Waals surface area contributed by atoms with Crippen molar-refractivity contribution in [3.05, 3.63) is 24.5 Å². The fourth-order valence-corrected chi connectivity index (χ4v) is 2.08. The molecule has 0 fully saturated rings. The highest BCUT2D eigenvalue weighted by Gasteiger charge is 2.21. The summed E-state index contributed by atoms with van der Waals surface area (Å²) in [7, 11) is -3.57. The minimum atomic E-state index is -3.57. The summed E-state index contributed by atoms with van der Waals surface area (Å²) in [6, 6.07) is 5.02. The zero-order chi connectivity index (χ0) is 12.2. The van der Waals surface area contributed by atoms with Crippen molar-refractivity contribution in [1.29, 1.82) is 5.26 Å². The Morgan fingerprint density at radius 3 is 2.75 bits per heavy atom. The minimum Gasteiger partial charge on any atom is -0.263 e. The second-order valence-electron chi connectivity index (χ2n) is 4.01. The van der Waals surface area contributed by atoms with Crippen LogP contribution in [0.2, 0.25) is 0 Å². The van der Waals surface area contributed by atoms with Gasteiger partial charge in [-0.2, -0.15) is 5.26 Å². The average molecular weight is 239 g/mol. The number of sulfonamides is 1. The summed E-state index contributed by atoms with van der Waals surface area (Å²) >= 11 is 0. The molecule has 1 aromatic rings. The summed E-state index contributed by atoms with van der Waals surface area (Å²) in [6.07, 6.45) is 2.76. The minimum absolute atomic E-state index is 0.0702. The summed E-state index contributed by atoms with van der Waals surface area (Å²) in [5.74, 6) is 0. The zero-order valence-electron chi connectivity index (χ0n) is 9.14. The molecule has 16 heavy (non-hydrogen) atoms. The average Bonchev–Trinajstić information content (AvgIpc) is 2.28. The lowest BCUT2D eigenvalue weighted by Gasteiger charge is -2.15. The van der Waals surface area contributed by atoms with Gasteiger partial charge in [0.05, 0.1) is 11.5 Å². The quantitative estimate of drug-likeness (QED) is 0.846. The molecule has 5 nitrogen and oxygen atoms in total. The van der Waals surface area contributed by atoms with Gasteiger partial charge in [0.2, 0.25) is 10.0 Å². The highest BCUT2D eigenvalue weighted by molar-refractivity contribution is 7.89. The van der Waals surface area contributed by atoms with Crippen molar-refractivity contribution in [3.63, 3.8) is 0 Å². The van der Waals surface area contributed by atoms with E-state index in [-0.39, 0.29) is 11.4 Å². The maximum absolute atomic E-state index is 11.7. The Morgan fingerprint density at radius 2 is 2.25 bits per heavy atom. The van der Waals surface area contributed by atoms with Gasteiger partial charge in [-0.3, -0.25) is 4.98 Å². The standard InChI is InChI=1S/C10H13N3O2S/c1-10(2,7-11)8-13-16(14,15)9-4-3-5-12-6-9/h3-6,13H,8H2,1-2H3. The van der Waals surface area contributed by atoms with Crippen LogP contribution in [-0.4, -0.2) is 19.9 Å². The summed E-state index contributed by atoms with van der Waals surface area (Å²) in [5, 5.41) is 8.76. The largest absolute Gasteiger partial charge is 0.263 e. The van der Waals surface area contributed by atoms with Gasteiger partial charge in [-0.05, 0) is 26.0 Å². The van der Waals surface area contributed by atoms with Gasteiger partial charge >= 0.3 is 0 Å². The first-order valence-electron chi connectivity index (χ1n) is 4.68. The predicted octanol–water partition coefficient (Wildman–Crippen LogP) is 0.910. The Kier molecular flexibility index (Phi) is 3.62.